The fraction of sp³-hybridized carbons (Fsp3) is 0.0909. The minimum atomic E-state index is -0.438. The lowest BCUT2D eigenvalue weighted by molar-refractivity contribution is 0.447. The smallest absolute Gasteiger partial charge is 0.257 e. The van der Waals surface area contributed by atoms with E-state index >= 15 is 0 Å². The van der Waals surface area contributed by atoms with E-state index in [0.29, 0.717) is 16.7 Å². The van der Waals surface area contributed by atoms with E-state index in [9.17, 15) is 23.5 Å². The topological polar surface area (TPSA) is 112 Å². The number of benzene rings is 2. The molecule has 4 aromatic rings. The van der Waals surface area contributed by atoms with E-state index in [1.54, 1.807) is 25.1 Å². The molecule has 0 saturated heterocycles. The Balaban J connectivity index is 0.000000181. The summed E-state index contributed by atoms with van der Waals surface area (Å²) in [6.45, 7) is 3.03. The normalized spacial score (nSPS) is 10.4. The molecule has 7 nitrogen and oxygen atoms in total. The number of nitrogens with zero attached hydrogens (tertiary/aromatic N) is 2. The lowest BCUT2D eigenvalue weighted by atomic mass is 10.2. The zero-order chi connectivity index (χ0) is 23.4. The molecule has 0 aliphatic heterocycles. The molecule has 0 radical (unpaired) electrons. The van der Waals surface area contributed by atoms with Gasteiger partial charge in [-0.2, -0.15) is 4.98 Å². The van der Waals surface area contributed by atoms with Crippen molar-refractivity contribution in [2.75, 3.05) is 0 Å². The van der Waals surface area contributed by atoms with Gasteiger partial charge in [-0.25, -0.2) is 13.8 Å². The van der Waals surface area contributed by atoms with E-state index in [2.05, 4.69) is 19.9 Å². The average molecular weight is 459 g/mol. The maximum Gasteiger partial charge on any atom is 0.257 e. The fourth-order valence-electron chi connectivity index (χ4n) is 2.57. The minimum Gasteiger partial charge on any atom is -0.493 e. The largest absolute Gasteiger partial charge is 0.493 e. The Hall–Kier alpha value is -3.85. The number of hydrogen-bond donors (Lipinski definition) is 3. The van der Waals surface area contributed by atoms with Gasteiger partial charge in [0, 0.05) is 11.1 Å². The molecule has 4 rings (SSSR count). The molecule has 0 spiro atoms. The first-order chi connectivity index (χ1) is 15.2. The molecule has 2 aromatic heterocycles. The first-order valence-corrected chi connectivity index (χ1v) is 9.61. The Morgan fingerprint density at radius 3 is 1.72 bits per heavy atom. The summed E-state index contributed by atoms with van der Waals surface area (Å²) in [6.07, 6.45) is 0. The number of aromatic nitrogens is 4. The van der Waals surface area contributed by atoms with Crippen LogP contribution in [0, 0.1) is 25.5 Å². The maximum absolute atomic E-state index is 13.0. The van der Waals surface area contributed by atoms with Crippen molar-refractivity contribution in [2.24, 2.45) is 0 Å². The first-order valence-electron chi connectivity index (χ1n) is 9.24. The second-order valence-corrected chi connectivity index (χ2v) is 7.07. The van der Waals surface area contributed by atoms with Crippen molar-refractivity contribution in [3.8, 4) is 28.7 Å². The number of nitrogens with one attached hydrogen (secondary N) is 2. The number of hydrogen-bond acceptors (Lipinski definition) is 5. The number of rotatable bonds is 2. The summed E-state index contributed by atoms with van der Waals surface area (Å²) < 4.78 is 25.9. The zero-order valence-electron chi connectivity index (χ0n) is 16.9. The third-order valence-electron chi connectivity index (χ3n) is 4.41. The van der Waals surface area contributed by atoms with Crippen LogP contribution in [-0.2, 0) is 0 Å². The summed E-state index contributed by atoms with van der Waals surface area (Å²) in [5.74, 6) is -0.757. The lowest BCUT2D eigenvalue weighted by Crippen LogP contribution is -2.12. The molecular weight excluding hydrogens is 442 g/mol. The highest BCUT2D eigenvalue weighted by Gasteiger charge is 2.09. The average Bonchev–Trinajstić information content (AvgIpc) is 2.75. The molecule has 0 fully saturated rings. The predicted octanol–water partition coefficient (Wildman–Crippen LogP) is 4.13. The maximum atomic E-state index is 13.0. The predicted molar refractivity (Wildman–Crippen MR) is 117 cm³/mol. The van der Waals surface area contributed by atoms with Crippen LogP contribution in [0.4, 0.5) is 8.78 Å². The van der Waals surface area contributed by atoms with Crippen LogP contribution in [0.5, 0.6) is 5.88 Å². The van der Waals surface area contributed by atoms with Gasteiger partial charge in [-0.15, -0.1) is 0 Å². The van der Waals surface area contributed by atoms with Gasteiger partial charge in [0.15, 0.2) is 0 Å². The van der Waals surface area contributed by atoms with Gasteiger partial charge in [-0.1, -0.05) is 35.9 Å². The van der Waals surface area contributed by atoms with Crippen molar-refractivity contribution in [3.05, 3.63) is 97.2 Å². The summed E-state index contributed by atoms with van der Waals surface area (Å²) in [7, 11) is 0. The standard InChI is InChI=1S/C11H8ClFN2O.C11H9FN2O2/c1-6-9(12)14-10(15-11(6)16)7-3-2-4-8(13)5-7;1-6-10(15)13-9(14-11(6)16)7-3-2-4-8(12)5-7/h2-5H,1H3,(H,14,15,16);2-5H,1H3,(H2,13,14,15,16). The van der Waals surface area contributed by atoms with Crippen molar-refractivity contribution in [1.82, 2.24) is 19.9 Å². The molecule has 0 bridgehead atoms. The second-order valence-electron chi connectivity index (χ2n) is 6.71. The van der Waals surface area contributed by atoms with E-state index in [1.807, 2.05) is 0 Å². The van der Waals surface area contributed by atoms with Gasteiger partial charge in [0.05, 0.1) is 11.1 Å². The molecule has 0 aliphatic rings. The van der Waals surface area contributed by atoms with Gasteiger partial charge in [0.2, 0.25) is 5.88 Å². The fourth-order valence-corrected chi connectivity index (χ4v) is 2.74. The molecule has 2 heterocycles. The van der Waals surface area contributed by atoms with Crippen molar-refractivity contribution < 1.29 is 13.9 Å². The molecule has 10 heteroatoms. The zero-order valence-corrected chi connectivity index (χ0v) is 17.7. The molecule has 32 heavy (non-hydrogen) atoms. The van der Waals surface area contributed by atoms with Gasteiger partial charge >= 0.3 is 0 Å². The number of H-pyrrole nitrogens is 2. The number of aromatic hydroxyl groups is 1. The van der Waals surface area contributed by atoms with Crippen molar-refractivity contribution in [2.45, 2.75) is 13.8 Å². The van der Waals surface area contributed by atoms with Crippen LogP contribution in [0.25, 0.3) is 22.8 Å². The summed E-state index contributed by atoms with van der Waals surface area (Å²) in [6, 6.07) is 11.4. The second kappa shape index (κ2) is 9.52. The van der Waals surface area contributed by atoms with Crippen LogP contribution in [-0.4, -0.2) is 25.0 Å². The SMILES string of the molecule is Cc1c(Cl)nc(-c2cccc(F)c2)[nH]c1=O.Cc1c(O)nc(-c2cccc(F)c2)[nH]c1=O. The van der Waals surface area contributed by atoms with Gasteiger partial charge < -0.3 is 15.1 Å². The third-order valence-corrected chi connectivity index (χ3v) is 4.78. The third kappa shape index (κ3) is 5.25. The van der Waals surface area contributed by atoms with E-state index in [0.717, 1.165) is 0 Å². The van der Waals surface area contributed by atoms with Crippen LogP contribution < -0.4 is 11.1 Å². The van der Waals surface area contributed by atoms with Crippen molar-refractivity contribution in [3.63, 3.8) is 0 Å². The molecular formula is C22H17ClF2N4O3. The Morgan fingerprint density at radius 2 is 1.28 bits per heavy atom. The summed E-state index contributed by atoms with van der Waals surface area (Å²) in [5, 5.41) is 9.51. The molecule has 0 saturated carbocycles. The van der Waals surface area contributed by atoms with E-state index in [-0.39, 0.29) is 33.8 Å². The molecule has 2 aromatic carbocycles. The van der Waals surface area contributed by atoms with E-state index in [4.69, 9.17) is 11.6 Å². The van der Waals surface area contributed by atoms with Crippen LogP contribution >= 0.6 is 11.6 Å². The number of aromatic amines is 2. The Labute approximate surface area is 185 Å². The highest BCUT2D eigenvalue weighted by molar-refractivity contribution is 6.30. The Bertz CT molecular complexity index is 1300. The number of halogens is 3. The minimum absolute atomic E-state index is 0.128. The molecule has 0 aliphatic carbocycles. The summed E-state index contributed by atoms with van der Waals surface area (Å²) in [4.78, 5) is 35.6. The van der Waals surface area contributed by atoms with Crippen LogP contribution in [0.15, 0.2) is 58.1 Å². The summed E-state index contributed by atoms with van der Waals surface area (Å²) >= 11 is 5.78. The lowest BCUT2D eigenvalue weighted by Gasteiger charge is -2.03. The van der Waals surface area contributed by atoms with Gasteiger partial charge in [0.1, 0.15) is 28.4 Å². The van der Waals surface area contributed by atoms with Crippen LogP contribution in [0.2, 0.25) is 5.15 Å². The van der Waals surface area contributed by atoms with Gasteiger partial charge in [0.25, 0.3) is 11.1 Å². The monoisotopic (exact) mass is 458 g/mol. The van der Waals surface area contributed by atoms with Crippen molar-refractivity contribution >= 4 is 11.6 Å². The first kappa shape index (κ1) is 22.8. The molecule has 0 atom stereocenters. The van der Waals surface area contributed by atoms with Gasteiger partial charge in [-0.05, 0) is 38.1 Å². The molecule has 3 N–H and O–H groups in total. The Morgan fingerprint density at radius 1 is 0.812 bits per heavy atom. The van der Waals surface area contributed by atoms with Crippen molar-refractivity contribution in [1.29, 1.82) is 0 Å². The quantitative estimate of drug-likeness (QED) is 0.391. The van der Waals surface area contributed by atoms with Crippen LogP contribution in [0.1, 0.15) is 11.1 Å². The molecule has 0 unspecified atom stereocenters. The van der Waals surface area contributed by atoms with Gasteiger partial charge in [-0.3, -0.25) is 9.59 Å². The molecule has 0 amide bonds. The van der Waals surface area contributed by atoms with E-state index in [1.165, 1.54) is 37.3 Å². The van der Waals surface area contributed by atoms with Crippen LogP contribution in [0.3, 0.4) is 0 Å². The highest BCUT2D eigenvalue weighted by atomic mass is 35.5. The highest BCUT2D eigenvalue weighted by Crippen LogP contribution is 2.18. The molecule has 164 valence electrons. The van der Waals surface area contributed by atoms with E-state index < -0.39 is 17.2 Å². The summed E-state index contributed by atoms with van der Waals surface area (Å²) in [5.41, 5.74) is 0.624. The Kier molecular flexibility index (Phi) is 6.79.